The minimum Gasteiger partial charge on any atom is -0.495 e. The number of benzene rings is 1. The number of rotatable bonds is 8. The molecule has 12 heteroatoms. The van der Waals surface area contributed by atoms with Crippen LogP contribution in [0.4, 0.5) is 0 Å². The van der Waals surface area contributed by atoms with Gasteiger partial charge in [0.1, 0.15) is 42.9 Å². The molecule has 1 aromatic carbocycles. The fourth-order valence-electron chi connectivity index (χ4n) is 3.94. The largest absolute Gasteiger partial charge is 0.495 e. The van der Waals surface area contributed by atoms with Crippen molar-refractivity contribution in [2.24, 2.45) is 0 Å². The van der Waals surface area contributed by atoms with E-state index in [-0.39, 0.29) is 23.5 Å². The molecule has 0 aliphatic carbocycles. The molecule has 2 aromatic heterocycles. The van der Waals surface area contributed by atoms with Crippen LogP contribution < -0.4 is 15.1 Å². The lowest BCUT2D eigenvalue weighted by molar-refractivity contribution is -0.323. The second-order valence-corrected chi connectivity index (χ2v) is 8.81. The van der Waals surface area contributed by atoms with Crippen molar-refractivity contribution < 1.29 is 53.3 Å². The molecule has 0 bridgehead atoms. The number of ether oxygens (including phenoxy) is 4. The highest BCUT2D eigenvalue weighted by molar-refractivity contribution is 6.06. The van der Waals surface area contributed by atoms with E-state index in [0.717, 1.165) is 0 Å². The molecule has 6 atom stereocenters. The first-order valence-corrected chi connectivity index (χ1v) is 10.9. The van der Waals surface area contributed by atoms with Crippen LogP contribution >= 0.6 is 0 Å². The van der Waals surface area contributed by atoms with Crippen LogP contribution in [0.15, 0.2) is 38.1 Å². The standard InChI is InChI=1S/C23H28O12/c1-23(2,29)13(34-22-17(28)16(27)15(26)12(8-24)33-22)9-32-21-19-11(6-7-31-19)18(30-3)10-4-5-14(25)35-20(10)21/h4-7,12-13,15-17,22,24,26-29H,8-9H2,1-3H3/t12-,13-,15-,16+,17-,22+/m1/s1. The molecule has 5 N–H and O–H groups in total. The van der Waals surface area contributed by atoms with Gasteiger partial charge in [0.05, 0.1) is 36.4 Å². The molecule has 0 saturated carbocycles. The van der Waals surface area contributed by atoms with Gasteiger partial charge in [-0.05, 0) is 26.0 Å². The van der Waals surface area contributed by atoms with Crippen LogP contribution in [0.3, 0.4) is 0 Å². The lowest BCUT2D eigenvalue weighted by atomic mass is 9.98. The second-order valence-electron chi connectivity index (χ2n) is 8.81. The molecule has 12 nitrogen and oxygen atoms in total. The average molecular weight is 496 g/mol. The summed E-state index contributed by atoms with van der Waals surface area (Å²) in [5, 5.41) is 51.5. The van der Waals surface area contributed by atoms with E-state index < -0.39 is 54.6 Å². The van der Waals surface area contributed by atoms with E-state index in [0.29, 0.717) is 16.5 Å². The number of fused-ring (bicyclic) bond motifs is 2. The smallest absolute Gasteiger partial charge is 0.336 e. The monoisotopic (exact) mass is 496 g/mol. The quantitative estimate of drug-likeness (QED) is 0.261. The molecule has 0 radical (unpaired) electrons. The van der Waals surface area contributed by atoms with Crippen molar-refractivity contribution in [1.29, 1.82) is 0 Å². The molecule has 1 saturated heterocycles. The van der Waals surface area contributed by atoms with Crippen molar-refractivity contribution in [2.75, 3.05) is 20.3 Å². The van der Waals surface area contributed by atoms with Crippen LogP contribution in [0, 0.1) is 0 Å². The lowest BCUT2D eigenvalue weighted by Gasteiger charge is -2.42. The zero-order valence-corrected chi connectivity index (χ0v) is 19.3. The van der Waals surface area contributed by atoms with Crippen LogP contribution in [0.25, 0.3) is 21.9 Å². The Morgan fingerprint density at radius 2 is 1.74 bits per heavy atom. The molecular formula is C23H28O12. The van der Waals surface area contributed by atoms with Gasteiger partial charge >= 0.3 is 5.63 Å². The Bertz CT molecular complexity index is 1220. The number of hydrogen-bond acceptors (Lipinski definition) is 12. The predicted molar refractivity (Wildman–Crippen MR) is 119 cm³/mol. The number of furan rings is 1. The van der Waals surface area contributed by atoms with Gasteiger partial charge in [0, 0.05) is 6.07 Å². The van der Waals surface area contributed by atoms with Crippen molar-refractivity contribution in [2.45, 2.75) is 56.3 Å². The Morgan fingerprint density at radius 3 is 2.40 bits per heavy atom. The molecular weight excluding hydrogens is 468 g/mol. The molecule has 1 aliphatic heterocycles. The molecule has 0 amide bonds. The summed E-state index contributed by atoms with van der Waals surface area (Å²) >= 11 is 0. The predicted octanol–water partition coefficient (Wildman–Crippen LogP) is -0.117. The number of aliphatic hydroxyl groups excluding tert-OH is 4. The lowest BCUT2D eigenvalue weighted by Crippen LogP contribution is -2.61. The van der Waals surface area contributed by atoms with Crippen molar-refractivity contribution >= 4 is 21.9 Å². The maximum absolute atomic E-state index is 12.0. The molecule has 0 spiro atoms. The third kappa shape index (κ3) is 4.74. The van der Waals surface area contributed by atoms with Crippen molar-refractivity contribution in [1.82, 2.24) is 0 Å². The van der Waals surface area contributed by atoms with Gasteiger partial charge in [-0.2, -0.15) is 0 Å². The van der Waals surface area contributed by atoms with Crippen LogP contribution in [0.5, 0.6) is 11.5 Å². The van der Waals surface area contributed by atoms with Gasteiger partial charge in [0.25, 0.3) is 0 Å². The Balaban J connectivity index is 1.67. The summed E-state index contributed by atoms with van der Waals surface area (Å²) in [6, 6.07) is 4.42. The fourth-order valence-corrected chi connectivity index (χ4v) is 3.94. The first kappa shape index (κ1) is 25.4. The summed E-state index contributed by atoms with van der Waals surface area (Å²) in [6.45, 7) is 1.88. The minimum atomic E-state index is -1.67. The zero-order chi connectivity index (χ0) is 25.5. The highest BCUT2D eigenvalue weighted by Gasteiger charge is 2.46. The fraction of sp³-hybridized carbons (Fsp3) is 0.522. The topological polar surface area (TPSA) is 181 Å². The molecule has 192 valence electrons. The molecule has 1 aliphatic rings. The van der Waals surface area contributed by atoms with E-state index in [2.05, 4.69) is 0 Å². The number of aliphatic hydroxyl groups is 5. The van der Waals surface area contributed by atoms with Crippen LogP contribution in [0.1, 0.15) is 13.8 Å². The summed E-state index contributed by atoms with van der Waals surface area (Å²) in [5.74, 6) is 0.474. The van der Waals surface area contributed by atoms with E-state index in [1.54, 1.807) is 6.07 Å². The minimum absolute atomic E-state index is 0.0548. The van der Waals surface area contributed by atoms with Gasteiger partial charge < -0.3 is 53.3 Å². The van der Waals surface area contributed by atoms with Gasteiger partial charge in [-0.15, -0.1) is 0 Å². The zero-order valence-electron chi connectivity index (χ0n) is 19.3. The first-order valence-electron chi connectivity index (χ1n) is 10.9. The highest BCUT2D eigenvalue weighted by atomic mass is 16.7. The molecule has 4 rings (SSSR count). The number of hydrogen-bond donors (Lipinski definition) is 5. The van der Waals surface area contributed by atoms with Crippen molar-refractivity contribution in [3.8, 4) is 11.5 Å². The van der Waals surface area contributed by atoms with Crippen molar-refractivity contribution in [3.05, 3.63) is 34.9 Å². The summed E-state index contributed by atoms with van der Waals surface area (Å²) in [6.07, 6.45) is -7.33. The average Bonchev–Trinajstić information content (AvgIpc) is 3.29. The van der Waals surface area contributed by atoms with Gasteiger partial charge in [-0.25, -0.2) is 4.79 Å². The van der Waals surface area contributed by atoms with Gasteiger partial charge in [0.2, 0.25) is 5.75 Å². The van der Waals surface area contributed by atoms with Gasteiger partial charge in [-0.1, -0.05) is 0 Å². The third-order valence-electron chi connectivity index (χ3n) is 5.92. The third-order valence-corrected chi connectivity index (χ3v) is 5.92. The van der Waals surface area contributed by atoms with Crippen molar-refractivity contribution in [3.63, 3.8) is 0 Å². The maximum atomic E-state index is 12.0. The normalized spacial score (nSPS) is 26.2. The first-order chi connectivity index (χ1) is 16.6. The van der Waals surface area contributed by atoms with E-state index in [4.69, 9.17) is 27.8 Å². The number of methoxy groups -OCH3 is 1. The van der Waals surface area contributed by atoms with E-state index >= 15 is 0 Å². The Morgan fingerprint density at radius 1 is 1.03 bits per heavy atom. The maximum Gasteiger partial charge on any atom is 0.336 e. The summed E-state index contributed by atoms with van der Waals surface area (Å²) in [4.78, 5) is 12.0. The Labute approximate surface area is 198 Å². The van der Waals surface area contributed by atoms with Crippen LogP contribution in [-0.4, -0.2) is 88.3 Å². The molecule has 3 heterocycles. The van der Waals surface area contributed by atoms with Gasteiger partial charge in [-0.3, -0.25) is 0 Å². The summed E-state index contributed by atoms with van der Waals surface area (Å²) < 4.78 is 33.5. The van der Waals surface area contributed by atoms with Crippen LogP contribution in [-0.2, 0) is 9.47 Å². The summed E-state index contributed by atoms with van der Waals surface area (Å²) in [5.41, 5.74) is -1.90. The van der Waals surface area contributed by atoms with Crippen LogP contribution in [0.2, 0.25) is 0 Å². The van der Waals surface area contributed by atoms with E-state index in [1.165, 1.54) is 39.4 Å². The highest BCUT2D eigenvalue weighted by Crippen LogP contribution is 2.43. The summed E-state index contributed by atoms with van der Waals surface area (Å²) in [7, 11) is 1.46. The molecule has 3 aromatic rings. The SMILES string of the molecule is COc1c2ccoc2c(OC[C@@H](O[C@@H]2O[C@H](CO)[C@@H](O)[C@H](O)[C@H]2O)C(C)(C)O)c2oc(=O)ccc12. The molecule has 1 fully saturated rings. The molecule has 35 heavy (non-hydrogen) atoms. The Hall–Kier alpha value is -2.71. The van der Waals surface area contributed by atoms with E-state index in [1.807, 2.05) is 0 Å². The van der Waals surface area contributed by atoms with Gasteiger partial charge in [0.15, 0.2) is 17.5 Å². The van der Waals surface area contributed by atoms with E-state index in [9.17, 15) is 30.3 Å². The Kier molecular flexibility index (Phi) is 7.06. The molecule has 0 unspecified atom stereocenters. The second kappa shape index (κ2) is 9.74.